The van der Waals surface area contributed by atoms with Crippen LogP contribution < -0.4 is 15.4 Å². The molecule has 0 saturated heterocycles. The molecule has 1 aliphatic carbocycles. The van der Waals surface area contributed by atoms with Crippen LogP contribution in [-0.2, 0) is 11.2 Å². The van der Waals surface area contributed by atoms with E-state index >= 15 is 0 Å². The third kappa shape index (κ3) is 5.08. The van der Waals surface area contributed by atoms with Gasteiger partial charge in [-0.05, 0) is 46.3 Å². The van der Waals surface area contributed by atoms with Gasteiger partial charge in [-0.1, -0.05) is 13.0 Å². The molecule has 0 aliphatic heterocycles. The molecule has 1 amide bonds. The second-order valence-corrected chi connectivity index (χ2v) is 7.64. The quantitative estimate of drug-likeness (QED) is 0.616. The molecule has 1 heterocycles. The van der Waals surface area contributed by atoms with Gasteiger partial charge in [0.1, 0.15) is 11.8 Å². The smallest absolute Gasteiger partial charge is 0.248 e. The topological polar surface area (TPSA) is 90.3 Å². The molecule has 0 bridgehead atoms. The highest BCUT2D eigenvalue weighted by molar-refractivity contribution is 6.04. The number of nitrogens with zero attached hydrogens (tertiary/aromatic N) is 3. The maximum atomic E-state index is 12.4. The van der Waals surface area contributed by atoms with Gasteiger partial charge in [-0.2, -0.15) is 5.26 Å². The molecular weight excluding hydrogens is 378 g/mol. The van der Waals surface area contributed by atoms with Gasteiger partial charge in [0.25, 0.3) is 0 Å². The molecule has 0 unspecified atom stereocenters. The number of ether oxygens (including phenoxy) is 1. The van der Waals surface area contributed by atoms with E-state index in [0.717, 1.165) is 35.1 Å². The number of aryl methyl sites for hydroxylation is 1. The van der Waals surface area contributed by atoms with Crippen molar-refractivity contribution in [3.05, 3.63) is 35.5 Å². The first kappa shape index (κ1) is 21.6. The SMILES string of the molecule is CCOc1cc2nc(CC)c(C#N)c(NC3CC3)c2cc1NC(=O)/C=C/CN(C)C. The Labute approximate surface area is 177 Å². The maximum Gasteiger partial charge on any atom is 0.248 e. The molecule has 1 aromatic carbocycles. The van der Waals surface area contributed by atoms with E-state index in [1.807, 2.05) is 45.0 Å². The Balaban J connectivity index is 2.07. The van der Waals surface area contributed by atoms with Gasteiger partial charge in [0.15, 0.2) is 0 Å². The molecule has 1 fully saturated rings. The zero-order valence-corrected chi connectivity index (χ0v) is 18.1. The van der Waals surface area contributed by atoms with Crippen LogP contribution in [0.5, 0.6) is 5.75 Å². The summed E-state index contributed by atoms with van der Waals surface area (Å²) in [5.41, 5.74) is 3.45. The van der Waals surface area contributed by atoms with Gasteiger partial charge in [-0.15, -0.1) is 0 Å². The first-order valence-electron chi connectivity index (χ1n) is 10.4. The molecule has 1 aliphatic rings. The molecule has 2 aromatic rings. The lowest BCUT2D eigenvalue weighted by molar-refractivity contribution is -0.111. The van der Waals surface area contributed by atoms with Crippen LogP contribution in [0.1, 0.15) is 37.9 Å². The number of likely N-dealkylation sites (N-methyl/N-ethyl adjacent to an activating group) is 1. The number of rotatable bonds is 9. The molecule has 1 aromatic heterocycles. The normalized spacial score (nSPS) is 13.6. The van der Waals surface area contributed by atoms with Crippen molar-refractivity contribution in [3.8, 4) is 11.8 Å². The Morgan fingerprint density at radius 1 is 1.37 bits per heavy atom. The number of carbonyl (C=O) groups excluding carboxylic acids is 1. The highest BCUT2D eigenvalue weighted by atomic mass is 16.5. The van der Waals surface area contributed by atoms with Crippen molar-refractivity contribution in [2.45, 2.75) is 39.2 Å². The summed E-state index contributed by atoms with van der Waals surface area (Å²) in [6.45, 7) is 5.04. The van der Waals surface area contributed by atoms with Crippen molar-refractivity contribution in [2.24, 2.45) is 0 Å². The Hall–Kier alpha value is -3.11. The van der Waals surface area contributed by atoms with E-state index in [1.165, 1.54) is 6.08 Å². The molecule has 0 atom stereocenters. The van der Waals surface area contributed by atoms with Gasteiger partial charge in [0.05, 0.1) is 34.8 Å². The summed E-state index contributed by atoms with van der Waals surface area (Å²) in [6.07, 6.45) is 6.17. The van der Waals surface area contributed by atoms with Crippen molar-refractivity contribution in [1.29, 1.82) is 5.26 Å². The van der Waals surface area contributed by atoms with Gasteiger partial charge >= 0.3 is 0 Å². The first-order chi connectivity index (χ1) is 14.5. The average molecular weight is 408 g/mol. The number of carbonyl (C=O) groups is 1. The number of hydrogen-bond acceptors (Lipinski definition) is 6. The van der Waals surface area contributed by atoms with Gasteiger partial charge in [-0.25, -0.2) is 0 Å². The third-order valence-electron chi connectivity index (χ3n) is 4.83. The number of amides is 1. The molecular formula is C23H29N5O2. The summed E-state index contributed by atoms with van der Waals surface area (Å²) in [4.78, 5) is 19.1. The van der Waals surface area contributed by atoms with E-state index in [9.17, 15) is 10.1 Å². The lowest BCUT2D eigenvalue weighted by atomic mass is 10.0. The number of aromatic nitrogens is 1. The van der Waals surface area contributed by atoms with Crippen LogP contribution in [-0.4, -0.2) is 49.1 Å². The number of benzene rings is 1. The van der Waals surface area contributed by atoms with Crippen LogP contribution >= 0.6 is 0 Å². The summed E-state index contributed by atoms with van der Waals surface area (Å²) in [7, 11) is 3.88. The standard InChI is InChI=1S/C23H29N5O2/c1-5-18-17(14-24)23(25-15-9-10-15)16-12-20(21(30-6-2)13-19(16)26-18)27-22(29)8-7-11-28(3)4/h7-8,12-13,15H,5-6,9-11H2,1-4H3,(H,25,26)(H,27,29)/b8-7+. The van der Waals surface area contributed by atoms with E-state index in [1.54, 1.807) is 6.08 Å². The number of pyridine rings is 1. The minimum absolute atomic E-state index is 0.229. The number of anilines is 2. The average Bonchev–Trinajstić information content (AvgIpc) is 3.52. The third-order valence-corrected chi connectivity index (χ3v) is 4.83. The van der Waals surface area contributed by atoms with E-state index in [0.29, 0.717) is 42.6 Å². The minimum atomic E-state index is -0.229. The van der Waals surface area contributed by atoms with Crippen LogP contribution in [0.3, 0.4) is 0 Å². The van der Waals surface area contributed by atoms with E-state index < -0.39 is 0 Å². The van der Waals surface area contributed by atoms with Crippen molar-refractivity contribution in [3.63, 3.8) is 0 Å². The molecule has 7 nitrogen and oxygen atoms in total. The van der Waals surface area contributed by atoms with Crippen molar-refractivity contribution in [2.75, 3.05) is 37.9 Å². The zero-order chi connectivity index (χ0) is 21.7. The maximum absolute atomic E-state index is 12.4. The lowest BCUT2D eigenvalue weighted by Gasteiger charge is -2.17. The molecule has 1 saturated carbocycles. The van der Waals surface area contributed by atoms with Crippen LogP contribution in [0.2, 0.25) is 0 Å². The van der Waals surface area contributed by atoms with Crippen LogP contribution in [0.4, 0.5) is 11.4 Å². The Morgan fingerprint density at radius 3 is 2.73 bits per heavy atom. The second-order valence-electron chi connectivity index (χ2n) is 7.64. The summed E-state index contributed by atoms with van der Waals surface area (Å²) in [6, 6.07) is 6.40. The number of nitrogens with one attached hydrogen (secondary N) is 2. The van der Waals surface area contributed by atoms with Crippen molar-refractivity contribution in [1.82, 2.24) is 9.88 Å². The number of hydrogen-bond donors (Lipinski definition) is 2. The van der Waals surface area contributed by atoms with Gasteiger partial charge in [-0.3, -0.25) is 9.78 Å². The highest BCUT2D eigenvalue weighted by Crippen LogP contribution is 2.38. The Kier molecular flexibility index (Phi) is 6.91. The molecule has 30 heavy (non-hydrogen) atoms. The molecule has 3 rings (SSSR count). The Morgan fingerprint density at radius 2 is 2.13 bits per heavy atom. The predicted molar refractivity (Wildman–Crippen MR) is 120 cm³/mol. The van der Waals surface area contributed by atoms with Crippen LogP contribution in [0.15, 0.2) is 24.3 Å². The summed E-state index contributed by atoms with van der Waals surface area (Å²) in [5.74, 6) is 0.337. The first-order valence-corrected chi connectivity index (χ1v) is 10.4. The van der Waals surface area contributed by atoms with Crippen molar-refractivity contribution >= 4 is 28.2 Å². The second kappa shape index (κ2) is 9.59. The number of fused-ring (bicyclic) bond motifs is 1. The summed E-state index contributed by atoms with van der Waals surface area (Å²) in [5, 5.41) is 17.0. The van der Waals surface area contributed by atoms with Gasteiger partial charge in [0.2, 0.25) is 5.91 Å². The fraction of sp³-hybridized carbons (Fsp3) is 0.435. The van der Waals surface area contributed by atoms with E-state index in [2.05, 4.69) is 16.7 Å². The van der Waals surface area contributed by atoms with Crippen LogP contribution in [0.25, 0.3) is 10.9 Å². The lowest BCUT2D eigenvalue weighted by Crippen LogP contribution is -2.13. The predicted octanol–water partition coefficient (Wildman–Crippen LogP) is 3.70. The van der Waals surface area contributed by atoms with Gasteiger partial charge < -0.3 is 20.3 Å². The monoisotopic (exact) mass is 407 g/mol. The van der Waals surface area contributed by atoms with Gasteiger partial charge in [0, 0.05) is 30.1 Å². The van der Waals surface area contributed by atoms with E-state index in [-0.39, 0.29) is 5.91 Å². The van der Waals surface area contributed by atoms with E-state index in [4.69, 9.17) is 9.72 Å². The minimum Gasteiger partial charge on any atom is -0.492 e. The fourth-order valence-electron chi connectivity index (χ4n) is 3.22. The highest BCUT2D eigenvalue weighted by Gasteiger charge is 2.25. The molecule has 2 N–H and O–H groups in total. The Bertz CT molecular complexity index is 1000. The van der Waals surface area contributed by atoms with Crippen LogP contribution in [0, 0.1) is 11.3 Å². The fourth-order valence-corrected chi connectivity index (χ4v) is 3.22. The molecule has 0 radical (unpaired) electrons. The molecule has 158 valence electrons. The summed E-state index contributed by atoms with van der Waals surface area (Å²) >= 11 is 0. The van der Waals surface area contributed by atoms with Crippen molar-refractivity contribution < 1.29 is 9.53 Å². The zero-order valence-electron chi connectivity index (χ0n) is 18.1. The number of nitriles is 1. The largest absolute Gasteiger partial charge is 0.492 e. The summed E-state index contributed by atoms with van der Waals surface area (Å²) < 4.78 is 5.78. The molecule has 7 heteroatoms. The molecule has 0 spiro atoms.